The minimum absolute atomic E-state index is 0.538. The molecule has 3 aromatic rings. The monoisotopic (exact) mass is 373 g/mol. The van der Waals surface area contributed by atoms with Crippen molar-refractivity contribution in [2.45, 2.75) is 24.8 Å². The molecule has 0 saturated carbocycles. The Morgan fingerprint density at radius 2 is 2.08 bits per heavy atom. The minimum atomic E-state index is 0.538. The van der Waals surface area contributed by atoms with Gasteiger partial charge in [-0.25, -0.2) is 4.98 Å². The molecule has 138 valence electrons. The summed E-state index contributed by atoms with van der Waals surface area (Å²) < 4.78 is 16.3. The SMILES string of the molecule is CCOCCOc1ccnc(CSc2nc3cc(OC)ccc3[nH]2)c1C. The van der Waals surface area contributed by atoms with E-state index in [2.05, 4.69) is 15.0 Å². The van der Waals surface area contributed by atoms with E-state index in [-0.39, 0.29) is 0 Å². The van der Waals surface area contributed by atoms with Crippen molar-refractivity contribution >= 4 is 22.8 Å². The maximum Gasteiger partial charge on any atom is 0.166 e. The number of hydrogen-bond donors (Lipinski definition) is 1. The molecule has 3 rings (SSSR count). The summed E-state index contributed by atoms with van der Waals surface area (Å²) in [6.45, 7) is 5.83. The third-order valence-corrected chi connectivity index (χ3v) is 4.85. The molecule has 1 aromatic carbocycles. The van der Waals surface area contributed by atoms with E-state index < -0.39 is 0 Å². The van der Waals surface area contributed by atoms with Crippen LogP contribution in [-0.4, -0.2) is 41.9 Å². The zero-order chi connectivity index (χ0) is 18.4. The number of aromatic nitrogens is 3. The smallest absolute Gasteiger partial charge is 0.166 e. The van der Waals surface area contributed by atoms with Crippen molar-refractivity contribution in [3.63, 3.8) is 0 Å². The molecule has 7 heteroatoms. The van der Waals surface area contributed by atoms with Crippen LogP contribution in [0.1, 0.15) is 18.2 Å². The van der Waals surface area contributed by atoms with Crippen molar-refractivity contribution < 1.29 is 14.2 Å². The van der Waals surface area contributed by atoms with E-state index in [0.29, 0.717) is 25.6 Å². The summed E-state index contributed by atoms with van der Waals surface area (Å²) in [4.78, 5) is 12.4. The maximum absolute atomic E-state index is 5.79. The largest absolute Gasteiger partial charge is 0.497 e. The molecular formula is C19H23N3O3S. The molecule has 2 aromatic heterocycles. The van der Waals surface area contributed by atoms with Gasteiger partial charge in [-0.15, -0.1) is 0 Å². The van der Waals surface area contributed by atoms with Gasteiger partial charge in [-0.3, -0.25) is 4.98 Å². The number of methoxy groups -OCH3 is 1. The number of ether oxygens (including phenoxy) is 3. The van der Waals surface area contributed by atoms with Gasteiger partial charge >= 0.3 is 0 Å². The average Bonchev–Trinajstić information content (AvgIpc) is 3.07. The second-order valence-corrected chi connectivity index (χ2v) is 6.60. The van der Waals surface area contributed by atoms with Crippen LogP contribution in [0.15, 0.2) is 35.6 Å². The minimum Gasteiger partial charge on any atom is -0.497 e. The molecule has 26 heavy (non-hydrogen) atoms. The Morgan fingerprint density at radius 1 is 1.19 bits per heavy atom. The highest BCUT2D eigenvalue weighted by Gasteiger charge is 2.10. The number of aromatic amines is 1. The lowest BCUT2D eigenvalue weighted by molar-refractivity contribution is 0.110. The van der Waals surface area contributed by atoms with Crippen LogP contribution in [0.4, 0.5) is 0 Å². The summed E-state index contributed by atoms with van der Waals surface area (Å²) in [6.07, 6.45) is 1.78. The highest BCUT2D eigenvalue weighted by molar-refractivity contribution is 7.98. The highest BCUT2D eigenvalue weighted by atomic mass is 32.2. The fourth-order valence-electron chi connectivity index (χ4n) is 2.51. The number of thioether (sulfide) groups is 1. The van der Waals surface area contributed by atoms with Gasteiger partial charge in [0, 0.05) is 30.2 Å². The van der Waals surface area contributed by atoms with Crippen LogP contribution in [-0.2, 0) is 10.5 Å². The maximum atomic E-state index is 5.79. The van der Waals surface area contributed by atoms with Gasteiger partial charge in [-0.2, -0.15) is 0 Å². The molecule has 6 nitrogen and oxygen atoms in total. The van der Waals surface area contributed by atoms with Crippen LogP contribution in [0.2, 0.25) is 0 Å². The van der Waals surface area contributed by atoms with Crippen LogP contribution in [0, 0.1) is 6.92 Å². The fourth-order valence-corrected chi connectivity index (χ4v) is 3.42. The molecule has 1 N–H and O–H groups in total. The fraction of sp³-hybridized carbons (Fsp3) is 0.368. The predicted octanol–water partition coefficient (Wildman–Crippen LogP) is 3.98. The van der Waals surface area contributed by atoms with Crippen LogP contribution in [0.5, 0.6) is 11.5 Å². The van der Waals surface area contributed by atoms with E-state index in [4.69, 9.17) is 14.2 Å². The summed E-state index contributed by atoms with van der Waals surface area (Å²) in [5, 5.41) is 0.858. The molecule has 0 aliphatic carbocycles. The molecule has 0 aliphatic heterocycles. The van der Waals surface area contributed by atoms with E-state index in [9.17, 15) is 0 Å². The lowest BCUT2D eigenvalue weighted by atomic mass is 10.2. The molecule has 0 atom stereocenters. The van der Waals surface area contributed by atoms with Crippen LogP contribution >= 0.6 is 11.8 Å². The summed E-state index contributed by atoms with van der Waals surface area (Å²) >= 11 is 1.62. The summed E-state index contributed by atoms with van der Waals surface area (Å²) in [5.41, 5.74) is 3.92. The Kier molecular flexibility index (Phi) is 6.35. The van der Waals surface area contributed by atoms with Gasteiger partial charge in [0.1, 0.15) is 18.1 Å². The lowest BCUT2D eigenvalue weighted by Gasteiger charge is -2.11. The molecule has 0 fully saturated rings. The van der Waals surface area contributed by atoms with Crippen molar-refractivity contribution in [3.8, 4) is 11.5 Å². The Labute approximate surface area is 157 Å². The quantitative estimate of drug-likeness (QED) is 0.452. The Bertz CT molecular complexity index is 866. The first-order chi connectivity index (χ1) is 12.7. The van der Waals surface area contributed by atoms with Crippen molar-refractivity contribution in [1.82, 2.24) is 15.0 Å². The van der Waals surface area contributed by atoms with Gasteiger partial charge in [0.2, 0.25) is 0 Å². The van der Waals surface area contributed by atoms with E-state index in [1.165, 1.54) is 0 Å². The standard InChI is InChI=1S/C19H23N3O3S/c1-4-24-9-10-25-18-7-8-20-17(13(18)2)12-26-19-21-15-6-5-14(23-3)11-16(15)22-19/h5-8,11H,4,9-10,12H2,1-3H3,(H,21,22). The first kappa shape index (κ1) is 18.5. The molecule has 0 spiro atoms. The molecule has 0 radical (unpaired) electrons. The van der Waals surface area contributed by atoms with Crippen LogP contribution in [0.3, 0.4) is 0 Å². The number of imidazole rings is 1. The van der Waals surface area contributed by atoms with E-state index >= 15 is 0 Å². The van der Waals surface area contributed by atoms with Crippen LogP contribution in [0.25, 0.3) is 11.0 Å². The average molecular weight is 373 g/mol. The number of benzene rings is 1. The second kappa shape index (κ2) is 8.91. The van der Waals surface area contributed by atoms with Gasteiger partial charge in [-0.1, -0.05) is 11.8 Å². The van der Waals surface area contributed by atoms with Gasteiger partial charge in [0.05, 0.1) is 30.4 Å². The molecular weight excluding hydrogens is 350 g/mol. The summed E-state index contributed by atoms with van der Waals surface area (Å²) in [6, 6.07) is 7.71. The van der Waals surface area contributed by atoms with Crippen molar-refractivity contribution in [2.24, 2.45) is 0 Å². The number of nitrogens with zero attached hydrogens (tertiary/aromatic N) is 2. The number of fused-ring (bicyclic) bond motifs is 1. The van der Waals surface area contributed by atoms with Gasteiger partial charge in [0.15, 0.2) is 5.16 Å². The van der Waals surface area contributed by atoms with Gasteiger partial charge in [-0.05, 0) is 32.0 Å². The van der Waals surface area contributed by atoms with E-state index in [1.54, 1.807) is 25.1 Å². The zero-order valence-corrected chi connectivity index (χ0v) is 16.1. The summed E-state index contributed by atoms with van der Waals surface area (Å²) in [5.74, 6) is 2.37. The zero-order valence-electron chi connectivity index (χ0n) is 15.2. The van der Waals surface area contributed by atoms with Crippen LogP contribution < -0.4 is 9.47 Å². The highest BCUT2D eigenvalue weighted by Crippen LogP contribution is 2.28. The number of rotatable bonds is 9. The third kappa shape index (κ3) is 4.47. The third-order valence-electron chi connectivity index (χ3n) is 3.96. The Hall–Kier alpha value is -2.25. The predicted molar refractivity (Wildman–Crippen MR) is 103 cm³/mol. The molecule has 0 amide bonds. The van der Waals surface area contributed by atoms with Crippen molar-refractivity contribution in [2.75, 3.05) is 26.9 Å². The van der Waals surface area contributed by atoms with Crippen molar-refractivity contribution in [1.29, 1.82) is 0 Å². The Morgan fingerprint density at radius 3 is 2.88 bits per heavy atom. The molecule has 0 saturated heterocycles. The number of nitrogens with one attached hydrogen (secondary N) is 1. The number of H-pyrrole nitrogens is 1. The lowest BCUT2D eigenvalue weighted by Crippen LogP contribution is -2.08. The topological polar surface area (TPSA) is 69.3 Å². The van der Waals surface area contributed by atoms with Crippen molar-refractivity contribution in [3.05, 3.63) is 41.7 Å². The molecule has 2 heterocycles. The van der Waals surface area contributed by atoms with Gasteiger partial charge in [0.25, 0.3) is 0 Å². The molecule has 0 unspecified atom stereocenters. The first-order valence-electron chi connectivity index (χ1n) is 8.53. The van der Waals surface area contributed by atoms with Gasteiger partial charge < -0.3 is 19.2 Å². The Balaban J connectivity index is 1.65. The van der Waals surface area contributed by atoms with E-state index in [1.807, 2.05) is 38.1 Å². The normalized spacial score (nSPS) is 11.0. The number of pyridine rings is 1. The number of hydrogen-bond acceptors (Lipinski definition) is 6. The second-order valence-electron chi connectivity index (χ2n) is 5.64. The molecule has 0 bridgehead atoms. The molecule has 0 aliphatic rings. The summed E-state index contributed by atoms with van der Waals surface area (Å²) in [7, 11) is 1.65. The first-order valence-corrected chi connectivity index (χ1v) is 9.51. The van der Waals surface area contributed by atoms with E-state index in [0.717, 1.165) is 38.9 Å².